The van der Waals surface area contributed by atoms with Crippen LogP contribution in [0.15, 0.2) is 29.4 Å². The highest BCUT2D eigenvalue weighted by atomic mass is 32.1. The number of nitrogens with one attached hydrogen (secondary N) is 2. The molecule has 0 fully saturated rings. The Morgan fingerprint density at radius 3 is 2.18 bits per heavy atom. The summed E-state index contributed by atoms with van der Waals surface area (Å²) in [6, 6.07) is 0. The second-order valence-corrected chi connectivity index (χ2v) is 5.90. The van der Waals surface area contributed by atoms with Crippen molar-refractivity contribution in [2.75, 3.05) is 10.6 Å². The fourth-order valence-electron chi connectivity index (χ4n) is 1.76. The predicted molar refractivity (Wildman–Crippen MR) is 83.3 cm³/mol. The quantitative estimate of drug-likeness (QED) is 0.758. The van der Waals surface area contributed by atoms with Crippen molar-refractivity contribution in [2.45, 2.75) is 0 Å². The average molecular weight is 334 g/mol. The fraction of sp³-hybridized carbons (Fsp3) is 0.0833. The number of aryl methyl sites for hydroxylation is 1. The lowest BCUT2D eigenvalue weighted by Crippen LogP contribution is -2.21. The van der Waals surface area contributed by atoms with E-state index in [0.717, 1.165) is 0 Å². The Labute approximate surface area is 132 Å². The van der Waals surface area contributed by atoms with Crippen molar-refractivity contribution in [2.24, 2.45) is 7.05 Å². The number of nitrogens with zero attached hydrogens (tertiary/aromatic N) is 4. The molecule has 0 saturated heterocycles. The maximum absolute atomic E-state index is 12.3. The van der Waals surface area contributed by atoms with Gasteiger partial charge in [-0.15, -0.1) is 22.7 Å². The van der Waals surface area contributed by atoms with Gasteiger partial charge < -0.3 is 0 Å². The molecule has 10 heteroatoms. The van der Waals surface area contributed by atoms with Crippen molar-refractivity contribution in [3.05, 3.63) is 40.6 Å². The van der Waals surface area contributed by atoms with Crippen molar-refractivity contribution >= 4 is 44.8 Å². The molecule has 0 bridgehead atoms. The highest BCUT2D eigenvalue weighted by Gasteiger charge is 2.23. The first kappa shape index (κ1) is 14.4. The van der Waals surface area contributed by atoms with E-state index in [1.165, 1.54) is 33.6 Å². The normalized spacial score (nSPS) is 10.4. The van der Waals surface area contributed by atoms with Gasteiger partial charge >= 0.3 is 0 Å². The van der Waals surface area contributed by atoms with Gasteiger partial charge in [0.1, 0.15) is 5.69 Å². The van der Waals surface area contributed by atoms with Crippen molar-refractivity contribution in [3.63, 3.8) is 0 Å². The third-order valence-corrected chi connectivity index (χ3v) is 4.08. The standard InChI is InChI=1S/C12H10N6O2S2/c1-18-8(10(20)17-12-14-3-5-22-12)7(6-15-18)9(19)16-11-13-2-4-21-11/h2-6H,1H3,(H,13,16,19)(H,14,17,20). The molecule has 0 saturated carbocycles. The first-order chi connectivity index (χ1) is 10.6. The average Bonchev–Trinajstić information content (AvgIpc) is 3.20. The Hall–Kier alpha value is -2.59. The monoisotopic (exact) mass is 334 g/mol. The second kappa shape index (κ2) is 6.03. The van der Waals surface area contributed by atoms with Gasteiger partial charge in [0.25, 0.3) is 11.8 Å². The summed E-state index contributed by atoms with van der Waals surface area (Å²) in [5.41, 5.74) is 0.330. The highest BCUT2D eigenvalue weighted by Crippen LogP contribution is 2.17. The maximum Gasteiger partial charge on any atom is 0.276 e. The van der Waals surface area contributed by atoms with Crippen LogP contribution in [-0.4, -0.2) is 31.6 Å². The molecular formula is C12H10N6O2S2. The lowest BCUT2D eigenvalue weighted by Gasteiger charge is -2.05. The smallest absolute Gasteiger partial charge is 0.276 e. The van der Waals surface area contributed by atoms with E-state index < -0.39 is 11.8 Å². The molecule has 3 aromatic heterocycles. The number of amides is 2. The van der Waals surface area contributed by atoms with Crippen molar-refractivity contribution in [3.8, 4) is 0 Å². The SMILES string of the molecule is Cn1ncc(C(=O)Nc2nccs2)c1C(=O)Nc1nccs1. The lowest BCUT2D eigenvalue weighted by atomic mass is 10.2. The van der Waals surface area contributed by atoms with Gasteiger partial charge in [0.05, 0.1) is 11.8 Å². The number of thiazole rings is 2. The molecule has 112 valence electrons. The van der Waals surface area contributed by atoms with Gasteiger partial charge in [0, 0.05) is 30.2 Å². The molecule has 22 heavy (non-hydrogen) atoms. The molecule has 0 aromatic carbocycles. The molecular weight excluding hydrogens is 324 g/mol. The molecule has 3 aromatic rings. The zero-order valence-electron chi connectivity index (χ0n) is 11.3. The molecule has 0 spiro atoms. The zero-order chi connectivity index (χ0) is 15.5. The number of carbonyl (C=O) groups excluding carboxylic acids is 2. The van der Waals surface area contributed by atoms with Gasteiger partial charge in [-0.1, -0.05) is 0 Å². The van der Waals surface area contributed by atoms with E-state index >= 15 is 0 Å². The lowest BCUT2D eigenvalue weighted by molar-refractivity contribution is 0.0985. The summed E-state index contributed by atoms with van der Waals surface area (Å²) in [5.74, 6) is -0.883. The summed E-state index contributed by atoms with van der Waals surface area (Å²) >= 11 is 2.58. The van der Waals surface area contributed by atoms with E-state index in [0.29, 0.717) is 10.3 Å². The predicted octanol–water partition coefficient (Wildman–Crippen LogP) is 1.84. The summed E-state index contributed by atoms with van der Waals surface area (Å²) in [7, 11) is 1.59. The summed E-state index contributed by atoms with van der Waals surface area (Å²) in [6.45, 7) is 0. The van der Waals surface area contributed by atoms with Crippen LogP contribution in [0.25, 0.3) is 0 Å². The summed E-state index contributed by atoms with van der Waals surface area (Å²) < 4.78 is 1.35. The Kier molecular flexibility index (Phi) is 3.94. The molecule has 3 heterocycles. The van der Waals surface area contributed by atoms with E-state index in [1.54, 1.807) is 30.2 Å². The second-order valence-electron chi connectivity index (χ2n) is 4.11. The van der Waals surface area contributed by atoms with Crippen LogP contribution in [0.1, 0.15) is 20.8 Å². The summed E-state index contributed by atoms with van der Waals surface area (Å²) in [4.78, 5) is 32.5. The molecule has 0 aliphatic carbocycles. The topological polar surface area (TPSA) is 102 Å². The Balaban J connectivity index is 1.84. The number of hydrogen-bond acceptors (Lipinski definition) is 7. The van der Waals surface area contributed by atoms with Gasteiger partial charge in [-0.25, -0.2) is 9.97 Å². The number of aromatic nitrogens is 4. The van der Waals surface area contributed by atoms with Crippen LogP contribution in [0.5, 0.6) is 0 Å². The molecule has 0 aliphatic rings. The minimum absolute atomic E-state index is 0.157. The van der Waals surface area contributed by atoms with Crippen LogP contribution < -0.4 is 10.6 Å². The number of rotatable bonds is 4. The largest absolute Gasteiger partial charge is 0.298 e. The third-order valence-electron chi connectivity index (χ3n) is 2.70. The maximum atomic E-state index is 12.3. The van der Waals surface area contributed by atoms with Gasteiger partial charge in [-0.2, -0.15) is 5.10 Å². The first-order valence-corrected chi connectivity index (χ1v) is 7.85. The van der Waals surface area contributed by atoms with Gasteiger partial charge in [-0.05, 0) is 0 Å². The number of anilines is 2. The van der Waals surface area contributed by atoms with Crippen LogP contribution in [0.4, 0.5) is 10.3 Å². The van der Waals surface area contributed by atoms with Crippen molar-refractivity contribution in [1.29, 1.82) is 0 Å². The van der Waals surface area contributed by atoms with Gasteiger partial charge in [0.2, 0.25) is 0 Å². The van der Waals surface area contributed by atoms with Crippen LogP contribution in [0.3, 0.4) is 0 Å². The van der Waals surface area contributed by atoms with E-state index in [-0.39, 0.29) is 11.3 Å². The first-order valence-electron chi connectivity index (χ1n) is 6.09. The van der Waals surface area contributed by atoms with E-state index in [9.17, 15) is 9.59 Å². The molecule has 0 radical (unpaired) electrons. The molecule has 2 N–H and O–H groups in total. The van der Waals surface area contributed by atoms with Gasteiger partial charge in [0.15, 0.2) is 10.3 Å². The molecule has 0 aliphatic heterocycles. The zero-order valence-corrected chi connectivity index (χ0v) is 12.9. The Morgan fingerprint density at radius 2 is 1.64 bits per heavy atom. The Morgan fingerprint density at radius 1 is 1.05 bits per heavy atom. The third kappa shape index (κ3) is 2.87. The fourth-order valence-corrected chi connectivity index (χ4v) is 2.81. The minimum atomic E-state index is -0.445. The van der Waals surface area contributed by atoms with Crippen LogP contribution in [0, 0.1) is 0 Å². The number of carbonyl (C=O) groups is 2. The van der Waals surface area contributed by atoms with Crippen LogP contribution >= 0.6 is 22.7 Å². The summed E-state index contributed by atoms with van der Waals surface area (Å²) in [5, 5.41) is 13.6. The van der Waals surface area contributed by atoms with E-state index in [2.05, 4.69) is 25.7 Å². The van der Waals surface area contributed by atoms with Gasteiger partial charge in [-0.3, -0.25) is 24.9 Å². The molecule has 2 amide bonds. The van der Waals surface area contributed by atoms with E-state index in [1.807, 2.05) is 0 Å². The van der Waals surface area contributed by atoms with Crippen molar-refractivity contribution < 1.29 is 9.59 Å². The molecule has 0 unspecified atom stereocenters. The Bertz CT molecular complexity index is 794. The van der Waals surface area contributed by atoms with Crippen LogP contribution in [0.2, 0.25) is 0 Å². The van der Waals surface area contributed by atoms with E-state index in [4.69, 9.17) is 0 Å². The molecule has 8 nitrogen and oxygen atoms in total. The minimum Gasteiger partial charge on any atom is -0.298 e. The van der Waals surface area contributed by atoms with Crippen molar-refractivity contribution in [1.82, 2.24) is 19.7 Å². The van der Waals surface area contributed by atoms with Crippen LogP contribution in [-0.2, 0) is 7.05 Å². The highest BCUT2D eigenvalue weighted by molar-refractivity contribution is 7.14. The summed E-state index contributed by atoms with van der Waals surface area (Å²) in [6.07, 6.45) is 4.51. The molecule has 0 atom stereocenters. The molecule has 3 rings (SSSR count). The number of hydrogen-bond donors (Lipinski definition) is 2.